The molecule has 0 bridgehead atoms. The lowest BCUT2D eigenvalue weighted by molar-refractivity contribution is 0.121. The van der Waals surface area contributed by atoms with Gasteiger partial charge in [-0.3, -0.25) is 19.0 Å². The fourth-order valence-electron chi connectivity index (χ4n) is 3.97. The van der Waals surface area contributed by atoms with E-state index in [0.717, 1.165) is 55.5 Å². The van der Waals surface area contributed by atoms with Crippen LogP contribution in [0.25, 0.3) is 5.65 Å². The Labute approximate surface area is 169 Å². The first-order valence-corrected chi connectivity index (χ1v) is 9.96. The highest BCUT2D eigenvalue weighted by atomic mass is 16.7. The van der Waals surface area contributed by atoms with Crippen LogP contribution in [-0.2, 0) is 13.1 Å². The Morgan fingerprint density at radius 2 is 1.69 bits per heavy atom. The van der Waals surface area contributed by atoms with E-state index in [1.807, 2.05) is 31.3 Å². The summed E-state index contributed by atoms with van der Waals surface area (Å²) in [7, 11) is 0. The summed E-state index contributed by atoms with van der Waals surface area (Å²) in [6, 6.07) is 11.7. The molecular formula is C22H24N4O3. The molecule has 2 aromatic heterocycles. The fourth-order valence-corrected chi connectivity index (χ4v) is 3.97. The van der Waals surface area contributed by atoms with Gasteiger partial charge in [-0.2, -0.15) is 0 Å². The first-order chi connectivity index (χ1) is 14.1. The van der Waals surface area contributed by atoms with Gasteiger partial charge in [-0.1, -0.05) is 12.1 Å². The van der Waals surface area contributed by atoms with Gasteiger partial charge in [0.2, 0.25) is 6.79 Å². The number of aryl methyl sites for hydroxylation is 1. The molecule has 0 spiro atoms. The van der Waals surface area contributed by atoms with Crippen LogP contribution in [0.5, 0.6) is 11.5 Å². The molecule has 29 heavy (non-hydrogen) atoms. The largest absolute Gasteiger partial charge is 0.454 e. The molecule has 0 unspecified atom stereocenters. The Morgan fingerprint density at radius 1 is 0.931 bits per heavy atom. The van der Waals surface area contributed by atoms with E-state index in [4.69, 9.17) is 9.47 Å². The van der Waals surface area contributed by atoms with Gasteiger partial charge in [0, 0.05) is 51.5 Å². The molecule has 0 saturated carbocycles. The topological polar surface area (TPSA) is 59.3 Å². The van der Waals surface area contributed by atoms with Crippen molar-refractivity contribution in [1.82, 2.24) is 19.2 Å². The molecule has 7 nitrogen and oxygen atoms in total. The molecule has 150 valence electrons. The third-order valence-electron chi connectivity index (χ3n) is 5.55. The van der Waals surface area contributed by atoms with E-state index in [0.29, 0.717) is 19.0 Å². The average Bonchev–Trinajstić information content (AvgIpc) is 3.18. The molecule has 2 aliphatic rings. The predicted octanol–water partition coefficient (Wildman–Crippen LogP) is 2.05. The van der Waals surface area contributed by atoms with E-state index in [2.05, 4.69) is 26.9 Å². The third kappa shape index (κ3) is 3.83. The van der Waals surface area contributed by atoms with E-state index < -0.39 is 0 Å². The lowest BCUT2D eigenvalue weighted by Crippen LogP contribution is -2.45. The first kappa shape index (κ1) is 18.1. The molecule has 1 saturated heterocycles. The van der Waals surface area contributed by atoms with E-state index in [-0.39, 0.29) is 5.56 Å². The van der Waals surface area contributed by atoms with Gasteiger partial charge in [0.15, 0.2) is 11.5 Å². The van der Waals surface area contributed by atoms with Crippen LogP contribution in [0.15, 0.2) is 47.4 Å². The van der Waals surface area contributed by atoms with E-state index in [1.165, 1.54) is 5.56 Å². The zero-order valence-corrected chi connectivity index (χ0v) is 16.5. The fraction of sp³-hybridized carbons (Fsp3) is 0.364. The third-order valence-corrected chi connectivity index (χ3v) is 5.55. The minimum Gasteiger partial charge on any atom is -0.454 e. The molecule has 1 aromatic carbocycles. The highest BCUT2D eigenvalue weighted by molar-refractivity contribution is 5.44. The summed E-state index contributed by atoms with van der Waals surface area (Å²) in [5, 5.41) is 0. The van der Waals surface area contributed by atoms with Crippen LogP contribution in [0.1, 0.15) is 16.8 Å². The van der Waals surface area contributed by atoms with Gasteiger partial charge in [-0.05, 0) is 36.2 Å². The summed E-state index contributed by atoms with van der Waals surface area (Å²) >= 11 is 0. The number of ether oxygens (including phenoxy) is 2. The number of rotatable bonds is 4. The Balaban J connectivity index is 1.20. The van der Waals surface area contributed by atoms with Crippen molar-refractivity contribution < 1.29 is 9.47 Å². The second-order valence-corrected chi connectivity index (χ2v) is 7.76. The number of benzene rings is 1. The molecule has 3 aromatic rings. The van der Waals surface area contributed by atoms with Crippen molar-refractivity contribution in [3.05, 3.63) is 69.8 Å². The van der Waals surface area contributed by atoms with Crippen LogP contribution < -0.4 is 15.0 Å². The van der Waals surface area contributed by atoms with Crippen LogP contribution >= 0.6 is 0 Å². The first-order valence-electron chi connectivity index (χ1n) is 9.96. The van der Waals surface area contributed by atoms with E-state index in [9.17, 15) is 4.79 Å². The number of hydrogen-bond donors (Lipinski definition) is 0. The normalized spacial score (nSPS) is 17.1. The number of nitrogens with zero attached hydrogens (tertiary/aromatic N) is 4. The van der Waals surface area contributed by atoms with Crippen LogP contribution in [0.4, 0.5) is 0 Å². The highest BCUT2D eigenvalue weighted by Crippen LogP contribution is 2.32. The summed E-state index contributed by atoms with van der Waals surface area (Å²) in [5.74, 6) is 1.66. The van der Waals surface area contributed by atoms with Crippen LogP contribution in [0.3, 0.4) is 0 Å². The molecule has 0 N–H and O–H groups in total. The smallest absolute Gasteiger partial charge is 0.258 e. The van der Waals surface area contributed by atoms with Gasteiger partial charge >= 0.3 is 0 Å². The molecule has 1 fully saturated rings. The molecule has 0 radical (unpaired) electrons. The summed E-state index contributed by atoms with van der Waals surface area (Å²) in [4.78, 5) is 21.9. The SMILES string of the molecule is Cc1ccc2nc(CN3CCN(Cc4ccc5c(c4)OCO5)CC3)cc(=O)n2c1. The molecule has 0 atom stereocenters. The Kier molecular flexibility index (Phi) is 4.69. The van der Waals surface area contributed by atoms with Crippen molar-refractivity contribution in [2.45, 2.75) is 20.0 Å². The lowest BCUT2D eigenvalue weighted by Gasteiger charge is -2.34. The minimum absolute atomic E-state index is 0.0184. The lowest BCUT2D eigenvalue weighted by atomic mass is 10.1. The summed E-state index contributed by atoms with van der Waals surface area (Å²) in [5.41, 5.74) is 3.81. The minimum atomic E-state index is -0.0184. The number of pyridine rings is 1. The zero-order valence-electron chi connectivity index (χ0n) is 16.5. The van der Waals surface area contributed by atoms with Gasteiger partial charge in [0.25, 0.3) is 5.56 Å². The number of piperazine rings is 1. The molecule has 0 aliphatic carbocycles. The van der Waals surface area contributed by atoms with Gasteiger partial charge < -0.3 is 9.47 Å². The zero-order chi connectivity index (χ0) is 19.8. The van der Waals surface area contributed by atoms with Crippen molar-refractivity contribution >= 4 is 5.65 Å². The van der Waals surface area contributed by atoms with Crippen molar-refractivity contribution in [2.24, 2.45) is 0 Å². The Morgan fingerprint density at radius 3 is 2.52 bits per heavy atom. The average molecular weight is 392 g/mol. The summed E-state index contributed by atoms with van der Waals surface area (Å²) < 4.78 is 12.5. The maximum absolute atomic E-state index is 12.4. The maximum Gasteiger partial charge on any atom is 0.258 e. The van der Waals surface area contributed by atoms with E-state index >= 15 is 0 Å². The summed E-state index contributed by atoms with van der Waals surface area (Å²) in [6.45, 7) is 7.78. The van der Waals surface area contributed by atoms with Gasteiger partial charge in [-0.25, -0.2) is 4.98 Å². The Bertz CT molecular complexity index is 1100. The standard InChI is InChI=1S/C22H24N4O3/c1-16-2-5-21-23-18(11-22(27)26(21)12-16)14-25-8-6-24(7-9-25)13-17-3-4-19-20(10-17)29-15-28-19/h2-5,10-12H,6-9,13-15H2,1H3. The molecular weight excluding hydrogens is 368 g/mol. The number of aromatic nitrogens is 2. The second-order valence-electron chi connectivity index (χ2n) is 7.76. The van der Waals surface area contributed by atoms with Crippen molar-refractivity contribution in [2.75, 3.05) is 33.0 Å². The van der Waals surface area contributed by atoms with Gasteiger partial charge in [0.1, 0.15) is 5.65 Å². The summed E-state index contributed by atoms with van der Waals surface area (Å²) in [6.07, 6.45) is 1.84. The van der Waals surface area contributed by atoms with Crippen molar-refractivity contribution in [1.29, 1.82) is 0 Å². The van der Waals surface area contributed by atoms with E-state index in [1.54, 1.807) is 10.5 Å². The van der Waals surface area contributed by atoms with Crippen molar-refractivity contribution in [3.8, 4) is 11.5 Å². The van der Waals surface area contributed by atoms with Crippen LogP contribution in [-0.4, -0.2) is 52.2 Å². The quantitative estimate of drug-likeness (QED) is 0.677. The number of hydrogen-bond acceptors (Lipinski definition) is 6. The number of fused-ring (bicyclic) bond motifs is 2. The Hall–Kier alpha value is -2.90. The monoisotopic (exact) mass is 392 g/mol. The van der Waals surface area contributed by atoms with Crippen LogP contribution in [0, 0.1) is 6.92 Å². The maximum atomic E-state index is 12.4. The highest BCUT2D eigenvalue weighted by Gasteiger charge is 2.19. The molecule has 0 amide bonds. The van der Waals surface area contributed by atoms with Gasteiger partial charge in [-0.15, -0.1) is 0 Å². The predicted molar refractivity (Wildman–Crippen MR) is 109 cm³/mol. The van der Waals surface area contributed by atoms with Gasteiger partial charge in [0.05, 0.1) is 5.69 Å². The van der Waals surface area contributed by atoms with Crippen molar-refractivity contribution in [3.63, 3.8) is 0 Å². The molecule has 4 heterocycles. The molecule has 5 rings (SSSR count). The van der Waals surface area contributed by atoms with Crippen LogP contribution in [0.2, 0.25) is 0 Å². The molecule has 2 aliphatic heterocycles. The molecule has 7 heteroatoms. The second kappa shape index (κ2) is 7.50.